The van der Waals surface area contributed by atoms with Gasteiger partial charge in [-0.25, -0.2) is 0 Å². The van der Waals surface area contributed by atoms with Crippen molar-refractivity contribution >= 4 is 11.6 Å². The Morgan fingerprint density at radius 2 is 1.72 bits per heavy atom. The number of rotatable bonds is 3. The van der Waals surface area contributed by atoms with E-state index in [0.717, 1.165) is 0 Å². The molecule has 0 saturated heterocycles. The Hall–Kier alpha value is -2.95. The molecule has 1 heterocycles. The van der Waals surface area contributed by atoms with Crippen LogP contribution in [0.1, 0.15) is 42.5 Å². The Morgan fingerprint density at radius 1 is 1.04 bits per heavy atom. The van der Waals surface area contributed by atoms with Gasteiger partial charge in [0.05, 0.1) is 11.3 Å². The lowest BCUT2D eigenvalue weighted by molar-refractivity contribution is 0.102. The molecular formula is C20H21N3O2. The van der Waals surface area contributed by atoms with Crippen LogP contribution in [0.2, 0.25) is 0 Å². The summed E-state index contributed by atoms with van der Waals surface area (Å²) in [6.07, 6.45) is 0. The molecule has 0 aliphatic carbocycles. The van der Waals surface area contributed by atoms with Gasteiger partial charge in [0.1, 0.15) is 0 Å². The molecule has 0 aliphatic heterocycles. The Kier molecular flexibility index (Phi) is 4.40. The molecule has 25 heavy (non-hydrogen) atoms. The number of amides is 1. The van der Waals surface area contributed by atoms with Crippen LogP contribution >= 0.6 is 0 Å². The van der Waals surface area contributed by atoms with Gasteiger partial charge in [0.25, 0.3) is 11.8 Å². The van der Waals surface area contributed by atoms with Crippen LogP contribution < -0.4 is 5.32 Å². The first-order chi connectivity index (χ1) is 11.8. The number of nitrogens with zero attached hydrogens (tertiary/aromatic N) is 2. The van der Waals surface area contributed by atoms with Crippen molar-refractivity contribution in [3.63, 3.8) is 0 Å². The Labute approximate surface area is 147 Å². The molecular weight excluding hydrogens is 314 g/mol. The van der Waals surface area contributed by atoms with Crippen LogP contribution in [0.15, 0.2) is 53.1 Å². The van der Waals surface area contributed by atoms with Crippen molar-refractivity contribution in [3.8, 4) is 11.5 Å². The molecule has 0 bridgehead atoms. The molecule has 0 atom stereocenters. The molecule has 1 amide bonds. The molecule has 3 aromatic rings. The monoisotopic (exact) mass is 335 g/mol. The molecule has 0 unspecified atom stereocenters. The van der Waals surface area contributed by atoms with E-state index in [1.807, 2.05) is 48.5 Å². The number of aryl methyl sites for hydroxylation is 1. The minimum Gasteiger partial charge on any atom is -0.334 e. The Balaban J connectivity index is 1.84. The third kappa shape index (κ3) is 3.76. The van der Waals surface area contributed by atoms with Crippen molar-refractivity contribution in [2.75, 3.05) is 5.32 Å². The number of hydrogen-bond acceptors (Lipinski definition) is 4. The maximum absolute atomic E-state index is 12.6. The normalized spacial score (nSPS) is 11.4. The topological polar surface area (TPSA) is 68.0 Å². The summed E-state index contributed by atoms with van der Waals surface area (Å²) in [6.45, 7) is 8.19. The quantitative estimate of drug-likeness (QED) is 0.760. The fraction of sp³-hybridized carbons (Fsp3) is 0.250. The van der Waals surface area contributed by atoms with E-state index >= 15 is 0 Å². The minimum atomic E-state index is -0.177. The molecule has 0 radical (unpaired) electrons. The summed E-state index contributed by atoms with van der Waals surface area (Å²) in [4.78, 5) is 16.8. The third-order valence-electron chi connectivity index (χ3n) is 3.95. The molecule has 2 aromatic carbocycles. The number of carbonyl (C=O) groups excluding carboxylic acids is 1. The second-order valence-corrected chi connectivity index (χ2v) is 6.97. The third-order valence-corrected chi connectivity index (χ3v) is 3.95. The van der Waals surface area contributed by atoms with Crippen LogP contribution in [0.25, 0.3) is 11.5 Å². The minimum absolute atomic E-state index is 0.0530. The largest absolute Gasteiger partial charge is 0.334 e. The molecule has 0 aliphatic rings. The van der Waals surface area contributed by atoms with Crippen LogP contribution in [0.3, 0.4) is 0 Å². The van der Waals surface area contributed by atoms with Crippen molar-refractivity contribution < 1.29 is 9.32 Å². The fourth-order valence-electron chi connectivity index (χ4n) is 2.50. The summed E-state index contributed by atoms with van der Waals surface area (Å²) < 4.78 is 5.22. The van der Waals surface area contributed by atoms with Crippen LogP contribution in [-0.2, 0) is 5.41 Å². The number of aromatic nitrogens is 2. The first-order valence-electron chi connectivity index (χ1n) is 8.16. The van der Waals surface area contributed by atoms with E-state index in [1.165, 1.54) is 5.56 Å². The fourth-order valence-corrected chi connectivity index (χ4v) is 2.50. The van der Waals surface area contributed by atoms with Crippen molar-refractivity contribution in [3.05, 3.63) is 65.5 Å². The second-order valence-electron chi connectivity index (χ2n) is 6.97. The van der Waals surface area contributed by atoms with E-state index in [2.05, 4.69) is 36.2 Å². The number of nitrogens with one attached hydrogen (secondary N) is 1. The van der Waals surface area contributed by atoms with Gasteiger partial charge >= 0.3 is 0 Å². The van der Waals surface area contributed by atoms with Crippen LogP contribution in [0.5, 0.6) is 0 Å². The van der Waals surface area contributed by atoms with Crippen LogP contribution in [0, 0.1) is 6.92 Å². The molecule has 3 rings (SSSR count). The first-order valence-corrected chi connectivity index (χ1v) is 8.16. The lowest BCUT2D eigenvalue weighted by Crippen LogP contribution is -2.14. The van der Waals surface area contributed by atoms with Gasteiger partial charge in [-0.1, -0.05) is 50.2 Å². The van der Waals surface area contributed by atoms with Gasteiger partial charge in [-0.05, 0) is 42.2 Å². The van der Waals surface area contributed by atoms with Gasteiger partial charge in [0.15, 0.2) is 5.82 Å². The molecule has 0 saturated carbocycles. The zero-order valence-corrected chi connectivity index (χ0v) is 14.8. The lowest BCUT2D eigenvalue weighted by atomic mass is 9.87. The van der Waals surface area contributed by atoms with Gasteiger partial charge < -0.3 is 9.84 Å². The van der Waals surface area contributed by atoms with E-state index in [4.69, 9.17) is 4.52 Å². The first kappa shape index (κ1) is 16.9. The molecule has 5 nitrogen and oxygen atoms in total. The zero-order valence-electron chi connectivity index (χ0n) is 14.8. The average molecular weight is 335 g/mol. The van der Waals surface area contributed by atoms with E-state index in [0.29, 0.717) is 28.5 Å². The zero-order chi connectivity index (χ0) is 18.0. The predicted molar refractivity (Wildman–Crippen MR) is 97.6 cm³/mol. The van der Waals surface area contributed by atoms with E-state index in [1.54, 1.807) is 6.92 Å². The van der Waals surface area contributed by atoms with Gasteiger partial charge in [-0.3, -0.25) is 4.79 Å². The van der Waals surface area contributed by atoms with Gasteiger partial charge in [-0.2, -0.15) is 4.98 Å². The maximum atomic E-state index is 12.6. The summed E-state index contributed by atoms with van der Waals surface area (Å²) in [5, 5.41) is 6.73. The molecule has 128 valence electrons. The number of anilines is 1. The number of benzene rings is 2. The van der Waals surface area contributed by atoms with Crippen LogP contribution in [0.4, 0.5) is 5.69 Å². The van der Waals surface area contributed by atoms with Crippen molar-refractivity contribution in [2.45, 2.75) is 33.1 Å². The highest BCUT2D eigenvalue weighted by Gasteiger charge is 2.16. The van der Waals surface area contributed by atoms with Crippen molar-refractivity contribution in [2.24, 2.45) is 0 Å². The SMILES string of the molecule is Cc1noc(-c2ccccc2NC(=O)c2ccc(C(C)(C)C)cc2)n1. The van der Waals surface area contributed by atoms with E-state index in [9.17, 15) is 4.79 Å². The predicted octanol–water partition coefficient (Wildman–Crippen LogP) is 4.59. The summed E-state index contributed by atoms with van der Waals surface area (Å²) in [5.41, 5.74) is 3.17. The molecule has 1 N–H and O–H groups in total. The van der Waals surface area contributed by atoms with Crippen molar-refractivity contribution in [1.29, 1.82) is 0 Å². The highest BCUT2D eigenvalue weighted by atomic mass is 16.5. The second kappa shape index (κ2) is 6.51. The highest BCUT2D eigenvalue weighted by Crippen LogP contribution is 2.27. The van der Waals surface area contributed by atoms with Gasteiger partial charge in [0.2, 0.25) is 0 Å². The van der Waals surface area contributed by atoms with Gasteiger partial charge in [0, 0.05) is 5.56 Å². The highest BCUT2D eigenvalue weighted by molar-refractivity contribution is 6.06. The van der Waals surface area contributed by atoms with Crippen LogP contribution in [-0.4, -0.2) is 16.0 Å². The molecule has 0 fully saturated rings. The van der Waals surface area contributed by atoms with E-state index in [-0.39, 0.29) is 11.3 Å². The average Bonchev–Trinajstić information content (AvgIpc) is 3.01. The molecule has 0 spiro atoms. The maximum Gasteiger partial charge on any atom is 0.260 e. The Morgan fingerprint density at radius 3 is 2.32 bits per heavy atom. The number of para-hydroxylation sites is 1. The lowest BCUT2D eigenvalue weighted by Gasteiger charge is -2.19. The molecule has 1 aromatic heterocycles. The standard InChI is InChI=1S/C20H21N3O2/c1-13-21-19(25-23-13)16-7-5-6-8-17(16)22-18(24)14-9-11-15(12-10-14)20(2,3)4/h5-12H,1-4H3,(H,22,24). The van der Waals surface area contributed by atoms with E-state index < -0.39 is 0 Å². The summed E-state index contributed by atoms with van der Waals surface area (Å²) in [6, 6.07) is 15.0. The van der Waals surface area contributed by atoms with Gasteiger partial charge in [-0.15, -0.1) is 0 Å². The Bertz CT molecular complexity index is 890. The molecule has 5 heteroatoms. The number of carbonyl (C=O) groups is 1. The number of hydrogen-bond donors (Lipinski definition) is 1. The summed E-state index contributed by atoms with van der Waals surface area (Å²) in [5.74, 6) is 0.759. The summed E-state index contributed by atoms with van der Waals surface area (Å²) >= 11 is 0. The summed E-state index contributed by atoms with van der Waals surface area (Å²) in [7, 11) is 0. The smallest absolute Gasteiger partial charge is 0.260 e. The van der Waals surface area contributed by atoms with Crippen molar-refractivity contribution in [1.82, 2.24) is 10.1 Å².